The SMILES string of the molecule is [2H]C([2H])([2H])c1ccc(-c2cc([N+]#[C-])c(C#N)c(C#N)c2C#N)nc1. The van der Waals surface area contributed by atoms with Gasteiger partial charge in [-0.05, 0) is 24.5 Å². The number of aromatic nitrogens is 1. The molecule has 0 aliphatic rings. The minimum atomic E-state index is -2.31. The Balaban J connectivity index is 2.77. The Hall–Kier alpha value is -3.67. The molecule has 0 bridgehead atoms. The van der Waals surface area contributed by atoms with Crippen molar-refractivity contribution in [3.05, 3.63) is 58.1 Å². The summed E-state index contributed by atoms with van der Waals surface area (Å²) in [5.41, 5.74) is -0.0108. The molecule has 1 heterocycles. The summed E-state index contributed by atoms with van der Waals surface area (Å²) in [4.78, 5) is 7.24. The fourth-order valence-electron chi connectivity index (χ4n) is 1.85. The van der Waals surface area contributed by atoms with Crippen molar-refractivity contribution in [1.82, 2.24) is 4.98 Å². The average molecular weight is 272 g/mol. The lowest BCUT2D eigenvalue weighted by Gasteiger charge is -2.08. The minimum absolute atomic E-state index is 0.0318. The van der Waals surface area contributed by atoms with Crippen LogP contribution in [0.5, 0.6) is 0 Å². The topological polar surface area (TPSA) is 88.6 Å². The highest BCUT2D eigenvalue weighted by molar-refractivity contribution is 5.81. The van der Waals surface area contributed by atoms with Gasteiger partial charge in [-0.25, -0.2) is 4.85 Å². The van der Waals surface area contributed by atoms with E-state index in [1.807, 2.05) is 6.07 Å². The average Bonchev–Trinajstić information content (AvgIpc) is 2.58. The van der Waals surface area contributed by atoms with Gasteiger partial charge in [-0.1, -0.05) is 6.07 Å². The molecule has 96 valence electrons. The number of rotatable bonds is 1. The monoisotopic (exact) mass is 272 g/mol. The molecule has 0 amide bonds. The summed E-state index contributed by atoms with van der Waals surface area (Å²) >= 11 is 0. The Bertz CT molecular complexity index is 978. The molecule has 0 radical (unpaired) electrons. The highest BCUT2D eigenvalue weighted by atomic mass is 14.7. The molecule has 0 N–H and O–H groups in total. The van der Waals surface area contributed by atoms with Crippen LogP contribution in [0.1, 0.15) is 26.4 Å². The van der Waals surface area contributed by atoms with Gasteiger partial charge in [-0.3, -0.25) is 4.98 Å². The molecule has 0 unspecified atom stereocenters. The Morgan fingerprint density at radius 1 is 1.14 bits per heavy atom. The van der Waals surface area contributed by atoms with E-state index in [-0.39, 0.29) is 39.2 Å². The van der Waals surface area contributed by atoms with Crippen molar-refractivity contribution in [2.45, 2.75) is 6.85 Å². The van der Waals surface area contributed by atoms with E-state index in [0.29, 0.717) is 0 Å². The first-order valence-electron chi connectivity index (χ1n) is 7.13. The third-order valence-corrected chi connectivity index (χ3v) is 2.80. The standard InChI is InChI=1S/C16H7N5/c1-10-3-4-15(21-9-10)11-5-16(20-2)14(8-19)13(7-18)12(11)6-17/h3-5,9H,1H3/i1D3. The van der Waals surface area contributed by atoms with E-state index in [1.165, 1.54) is 18.2 Å². The predicted octanol–water partition coefficient (Wildman–Crippen LogP) is 3.22. The smallest absolute Gasteiger partial charge is 0.206 e. The molecule has 2 rings (SSSR count). The largest absolute Gasteiger partial charge is 0.256 e. The molecule has 1 aromatic carbocycles. The van der Waals surface area contributed by atoms with Crippen molar-refractivity contribution in [3.63, 3.8) is 0 Å². The molecule has 0 aliphatic carbocycles. The second kappa shape index (κ2) is 5.54. The van der Waals surface area contributed by atoms with E-state index in [9.17, 15) is 10.5 Å². The summed E-state index contributed by atoms with van der Waals surface area (Å²) in [6.07, 6.45) is 1.16. The number of nitrogens with zero attached hydrogens (tertiary/aromatic N) is 5. The van der Waals surface area contributed by atoms with Crippen molar-refractivity contribution in [2.24, 2.45) is 0 Å². The second-order valence-corrected chi connectivity index (χ2v) is 3.95. The third kappa shape index (κ3) is 2.28. The minimum Gasteiger partial charge on any atom is -0.256 e. The maximum atomic E-state index is 9.35. The summed E-state index contributed by atoms with van der Waals surface area (Å²) in [6, 6.07) is 9.46. The highest BCUT2D eigenvalue weighted by Gasteiger charge is 2.19. The van der Waals surface area contributed by atoms with Gasteiger partial charge in [0, 0.05) is 15.9 Å². The van der Waals surface area contributed by atoms with E-state index in [2.05, 4.69) is 9.83 Å². The molecule has 0 spiro atoms. The van der Waals surface area contributed by atoms with Crippen LogP contribution in [0.25, 0.3) is 16.1 Å². The first-order chi connectivity index (χ1) is 11.4. The van der Waals surface area contributed by atoms with Gasteiger partial charge in [0.15, 0.2) is 0 Å². The molecule has 2 aromatic rings. The van der Waals surface area contributed by atoms with Crippen molar-refractivity contribution in [1.29, 1.82) is 15.8 Å². The Labute approximate surface area is 126 Å². The van der Waals surface area contributed by atoms with Crippen LogP contribution in [0.4, 0.5) is 5.69 Å². The van der Waals surface area contributed by atoms with Gasteiger partial charge in [-0.2, -0.15) is 15.8 Å². The van der Waals surface area contributed by atoms with Gasteiger partial charge in [-0.15, -0.1) is 0 Å². The molecule has 0 aliphatic heterocycles. The zero-order valence-electron chi connectivity index (χ0n) is 13.5. The fraction of sp³-hybridized carbons (Fsp3) is 0.0625. The molecule has 0 saturated heterocycles. The number of nitriles is 3. The molecule has 0 fully saturated rings. The van der Waals surface area contributed by atoms with Gasteiger partial charge in [0.25, 0.3) is 0 Å². The first-order valence-corrected chi connectivity index (χ1v) is 5.63. The summed E-state index contributed by atoms with van der Waals surface area (Å²) in [6.45, 7) is 4.84. The van der Waals surface area contributed by atoms with Crippen LogP contribution in [-0.4, -0.2) is 4.98 Å². The molecule has 5 heteroatoms. The molecule has 21 heavy (non-hydrogen) atoms. The number of pyridine rings is 1. The Morgan fingerprint density at radius 2 is 1.86 bits per heavy atom. The van der Waals surface area contributed by atoms with E-state index < -0.39 is 6.85 Å². The summed E-state index contributed by atoms with van der Waals surface area (Å²) in [5, 5.41) is 27.7. The molecule has 5 nitrogen and oxygen atoms in total. The van der Waals surface area contributed by atoms with Crippen molar-refractivity contribution < 1.29 is 4.11 Å². The zero-order chi connectivity index (χ0) is 17.9. The van der Waals surface area contributed by atoms with E-state index in [1.54, 1.807) is 12.1 Å². The lowest BCUT2D eigenvalue weighted by atomic mass is 9.94. The summed E-state index contributed by atoms with van der Waals surface area (Å²) in [5.74, 6) is 0. The van der Waals surface area contributed by atoms with Crippen LogP contribution in [0, 0.1) is 47.4 Å². The van der Waals surface area contributed by atoms with E-state index in [0.717, 1.165) is 6.20 Å². The third-order valence-electron chi connectivity index (χ3n) is 2.80. The van der Waals surface area contributed by atoms with Crippen LogP contribution >= 0.6 is 0 Å². The molecular formula is C16H7N5. The van der Waals surface area contributed by atoms with Gasteiger partial charge in [0.2, 0.25) is 5.69 Å². The molecule has 1 aromatic heterocycles. The number of hydrogen-bond acceptors (Lipinski definition) is 4. The number of benzene rings is 1. The lowest BCUT2D eigenvalue weighted by molar-refractivity contribution is 1.26. The van der Waals surface area contributed by atoms with Crippen molar-refractivity contribution >= 4 is 5.69 Å². The lowest BCUT2D eigenvalue weighted by Crippen LogP contribution is -1.96. The van der Waals surface area contributed by atoms with Crippen LogP contribution in [-0.2, 0) is 0 Å². The highest BCUT2D eigenvalue weighted by Crippen LogP contribution is 2.33. The van der Waals surface area contributed by atoms with Crippen LogP contribution in [0.3, 0.4) is 0 Å². The summed E-state index contributed by atoms with van der Waals surface area (Å²) in [7, 11) is 0. The number of aryl methyl sites for hydroxylation is 1. The van der Waals surface area contributed by atoms with Gasteiger partial charge in [0.05, 0.1) is 35.0 Å². The van der Waals surface area contributed by atoms with Crippen molar-refractivity contribution in [3.8, 4) is 29.5 Å². The van der Waals surface area contributed by atoms with E-state index in [4.69, 9.17) is 15.9 Å². The van der Waals surface area contributed by atoms with Gasteiger partial charge < -0.3 is 0 Å². The maximum absolute atomic E-state index is 9.35. The van der Waals surface area contributed by atoms with Crippen molar-refractivity contribution in [2.75, 3.05) is 0 Å². The quantitative estimate of drug-likeness (QED) is 0.745. The molecular weight excluding hydrogens is 262 g/mol. The zero-order valence-corrected chi connectivity index (χ0v) is 10.5. The normalized spacial score (nSPS) is 11.7. The first kappa shape index (κ1) is 10.2. The summed E-state index contributed by atoms with van der Waals surface area (Å²) < 4.78 is 22.0. The maximum Gasteiger partial charge on any atom is 0.206 e. The fourth-order valence-corrected chi connectivity index (χ4v) is 1.85. The Morgan fingerprint density at radius 3 is 2.33 bits per heavy atom. The number of hydrogen-bond donors (Lipinski definition) is 0. The molecule has 0 atom stereocenters. The van der Waals surface area contributed by atoms with Crippen LogP contribution in [0.2, 0.25) is 0 Å². The van der Waals surface area contributed by atoms with Crippen LogP contribution in [0.15, 0.2) is 24.4 Å². The second-order valence-electron chi connectivity index (χ2n) is 3.95. The van der Waals surface area contributed by atoms with E-state index >= 15 is 0 Å². The van der Waals surface area contributed by atoms with Gasteiger partial charge >= 0.3 is 0 Å². The Kier molecular flexibility index (Phi) is 2.68. The van der Waals surface area contributed by atoms with Crippen LogP contribution < -0.4 is 0 Å². The van der Waals surface area contributed by atoms with Gasteiger partial charge in [0.1, 0.15) is 12.1 Å². The predicted molar refractivity (Wildman–Crippen MR) is 74.8 cm³/mol. The molecule has 0 saturated carbocycles.